The number of hydrogen-bond acceptors (Lipinski definition) is 9. The van der Waals surface area contributed by atoms with Crippen molar-refractivity contribution >= 4 is 11.9 Å². The molecule has 9 heteroatoms. The molecule has 6 rings (SSSR count). The topological polar surface area (TPSA) is 121 Å². The predicted molar refractivity (Wildman–Crippen MR) is 147 cm³/mol. The third-order valence-electron chi connectivity index (χ3n) is 12.5. The van der Waals surface area contributed by atoms with E-state index < -0.39 is 23.2 Å². The van der Waals surface area contributed by atoms with Crippen molar-refractivity contribution in [3.05, 3.63) is 11.6 Å². The van der Waals surface area contributed by atoms with Crippen LogP contribution in [0.4, 0.5) is 0 Å². The Bertz CT molecular complexity index is 1080. The molecule has 0 spiro atoms. The zero-order chi connectivity index (χ0) is 29.3. The van der Waals surface area contributed by atoms with E-state index in [9.17, 15) is 19.8 Å². The first kappa shape index (κ1) is 29.5. The lowest BCUT2D eigenvalue weighted by Crippen LogP contribution is -2.62. The average Bonchev–Trinajstić information content (AvgIpc) is 3.42. The minimum absolute atomic E-state index is 0.0898. The van der Waals surface area contributed by atoms with Gasteiger partial charge in [-0.15, -0.1) is 0 Å². The average molecular weight is 577 g/mol. The summed E-state index contributed by atoms with van der Waals surface area (Å²) in [7, 11) is 1.62. The standard InChI is InChI=1S/C32H48O9/c1-17-29(35)24(37-5)14-27(39-17)41-21-8-10-30(3)20(13-21)6-7-23-22(30)9-11-31(4)28(19-12-26(34)38-16-19)25(40-18(2)33)15-32(23,31)36/h12,17,20-25,27-29,35-36H,6-11,13-16H2,1-5H3/t17-,20?,21?,22-,23+,24+,25?,27+,28-,29-,30-,31+,32-/m0/s1. The van der Waals surface area contributed by atoms with Crippen LogP contribution in [0.1, 0.15) is 85.5 Å². The van der Waals surface area contributed by atoms with Gasteiger partial charge >= 0.3 is 11.9 Å². The van der Waals surface area contributed by atoms with Crippen LogP contribution in [0.3, 0.4) is 0 Å². The van der Waals surface area contributed by atoms with Gasteiger partial charge in [-0.25, -0.2) is 4.79 Å². The van der Waals surface area contributed by atoms with E-state index >= 15 is 0 Å². The van der Waals surface area contributed by atoms with E-state index in [1.807, 2.05) is 6.92 Å². The molecule has 13 atom stereocenters. The van der Waals surface area contributed by atoms with Crippen LogP contribution in [0.2, 0.25) is 0 Å². The molecule has 1 saturated heterocycles. The number of rotatable bonds is 5. The van der Waals surface area contributed by atoms with E-state index in [1.54, 1.807) is 13.2 Å². The van der Waals surface area contributed by atoms with Gasteiger partial charge in [0.1, 0.15) is 18.8 Å². The van der Waals surface area contributed by atoms with Crippen molar-refractivity contribution < 1.29 is 43.5 Å². The van der Waals surface area contributed by atoms with Crippen LogP contribution >= 0.6 is 0 Å². The largest absolute Gasteiger partial charge is 0.462 e. The van der Waals surface area contributed by atoms with Crippen molar-refractivity contribution in [1.29, 1.82) is 0 Å². The fraction of sp³-hybridized carbons (Fsp3) is 0.875. The van der Waals surface area contributed by atoms with E-state index in [0.717, 1.165) is 50.5 Å². The highest BCUT2D eigenvalue weighted by Gasteiger charge is 2.71. The van der Waals surface area contributed by atoms with Crippen LogP contribution in [-0.2, 0) is 33.3 Å². The Hall–Kier alpha value is -1.52. The summed E-state index contributed by atoms with van der Waals surface area (Å²) in [4.78, 5) is 24.2. The van der Waals surface area contributed by atoms with Gasteiger partial charge in [-0.05, 0) is 80.6 Å². The summed E-state index contributed by atoms with van der Waals surface area (Å²) in [6.07, 6.45) is 7.14. The normalized spacial score (nSPS) is 51.2. The second-order valence-electron chi connectivity index (χ2n) is 14.3. The first-order valence-corrected chi connectivity index (χ1v) is 15.7. The highest BCUT2D eigenvalue weighted by atomic mass is 16.7. The minimum Gasteiger partial charge on any atom is -0.462 e. The van der Waals surface area contributed by atoms with Crippen LogP contribution in [-0.4, -0.2) is 78.3 Å². The van der Waals surface area contributed by atoms with Crippen molar-refractivity contribution in [2.75, 3.05) is 13.7 Å². The predicted octanol–water partition coefficient (Wildman–Crippen LogP) is 3.68. The molecule has 2 heterocycles. The summed E-state index contributed by atoms with van der Waals surface area (Å²) in [6.45, 7) is 8.06. The highest BCUT2D eigenvalue weighted by molar-refractivity contribution is 5.85. The molecule has 3 unspecified atom stereocenters. The van der Waals surface area contributed by atoms with Crippen molar-refractivity contribution in [3.63, 3.8) is 0 Å². The van der Waals surface area contributed by atoms with E-state index in [0.29, 0.717) is 24.7 Å². The molecule has 230 valence electrons. The van der Waals surface area contributed by atoms with E-state index in [2.05, 4.69) is 13.8 Å². The number of ether oxygens (including phenoxy) is 5. The first-order chi connectivity index (χ1) is 19.4. The quantitative estimate of drug-likeness (QED) is 0.373. The van der Waals surface area contributed by atoms with Crippen LogP contribution in [0.5, 0.6) is 0 Å². The Morgan fingerprint density at radius 1 is 1.07 bits per heavy atom. The highest BCUT2D eigenvalue weighted by Crippen LogP contribution is 2.70. The number of carbonyl (C=O) groups excluding carboxylic acids is 2. The zero-order valence-electron chi connectivity index (χ0n) is 25.2. The van der Waals surface area contributed by atoms with Gasteiger partial charge in [0.25, 0.3) is 0 Å². The molecule has 5 fully saturated rings. The molecule has 2 aliphatic heterocycles. The van der Waals surface area contributed by atoms with Gasteiger partial charge in [-0.3, -0.25) is 4.79 Å². The molecular formula is C32H48O9. The zero-order valence-corrected chi connectivity index (χ0v) is 25.2. The van der Waals surface area contributed by atoms with Crippen LogP contribution in [0, 0.1) is 34.5 Å². The SMILES string of the molecule is CO[C@@H]1C[C@@H](OC2CC[C@@]3(C)C(CC[C@@H]4[C@@H]3CC[C@]3(C)[C@@H](C5=CC(=O)OC5)C(OC(C)=O)C[C@]43O)C2)O[C@@H](C)[C@@H]1O. The van der Waals surface area contributed by atoms with Crippen LogP contribution in [0.15, 0.2) is 11.6 Å². The second-order valence-corrected chi connectivity index (χ2v) is 14.3. The number of cyclic esters (lactones) is 1. The van der Waals surface area contributed by atoms with Crippen LogP contribution in [0.25, 0.3) is 0 Å². The van der Waals surface area contributed by atoms with Gasteiger partial charge in [-0.1, -0.05) is 13.8 Å². The van der Waals surface area contributed by atoms with Crippen LogP contribution < -0.4 is 0 Å². The summed E-state index contributed by atoms with van der Waals surface area (Å²) >= 11 is 0. The van der Waals surface area contributed by atoms with E-state index in [-0.39, 0.29) is 60.4 Å². The van der Waals surface area contributed by atoms with Gasteiger partial charge in [0, 0.05) is 44.3 Å². The number of hydrogen-bond donors (Lipinski definition) is 2. The van der Waals surface area contributed by atoms with Gasteiger partial charge in [0.15, 0.2) is 6.29 Å². The molecule has 0 amide bonds. The lowest BCUT2D eigenvalue weighted by atomic mass is 9.43. The summed E-state index contributed by atoms with van der Waals surface area (Å²) in [5.74, 6) is 0.0175. The summed E-state index contributed by atoms with van der Waals surface area (Å²) in [5.41, 5.74) is -0.559. The van der Waals surface area contributed by atoms with E-state index in [4.69, 9.17) is 23.7 Å². The Morgan fingerprint density at radius 3 is 2.54 bits per heavy atom. The Balaban J connectivity index is 1.19. The fourth-order valence-electron chi connectivity index (χ4n) is 10.4. The fourth-order valence-corrected chi connectivity index (χ4v) is 10.4. The summed E-state index contributed by atoms with van der Waals surface area (Å²) in [5, 5.41) is 23.0. The number of methoxy groups -OCH3 is 1. The monoisotopic (exact) mass is 576 g/mol. The van der Waals surface area contributed by atoms with Gasteiger partial charge in [-0.2, -0.15) is 0 Å². The van der Waals surface area contributed by atoms with Gasteiger partial charge in [0.05, 0.1) is 23.9 Å². The molecule has 0 bridgehead atoms. The molecule has 4 saturated carbocycles. The summed E-state index contributed by atoms with van der Waals surface area (Å²) in [6, 6.07) is 0. The maximum Gasteiger partial charge on any atom is 0.331 e. The van der Waals surface area contributed by atoms with Gasteiger partial charge in [0.2, 0.25) is 0 Å². The third kappa shape index (κ3) is 4.69. The molecule has 9 nitrogen and oxygen atoms in total. The molecule has 0 aromatic carbocycles. The molecule has 0 radical (unpaired) electrons. The minimum atomic E-state index is -0.990. The molecule has 2 N–H and O–H groups in total. The van der Waals surface area contributed by atoms with Gasteiger partial charge < -0.3 is 33.9 Å². The van der Waals surface area contributed by atoms with Crippen molar-refractivity contribution in [3.8, 4) is 0 Å². The maximum atomic E-state index is 12.7. The Morgan fingerprint density at radius 2 is 1.85 bits per heavy atom. The Kier molecular flexibility index (Phi) is 7.62. The molecular weight excluding hydrogens is 528 g/mol. The van der Waals surface area contributed by atoms with E-state index in [1.165, 1.54) is 6.92 Å². The molecule has 0 aromatic rings. The summed E-state index contributed by atoms with van der Waals surface area (Å²) < 4.78 is 29.1. The molecule has 4 aliphatic carbocycles. The first-order valence-electron chi connectivity index (χ1n) is 15.7. The number of esters is 2. The van der Waals surface area contributed by atoms with Crippen molar-refractivity contribution in [2.24, 2.45) is 34.5 Å². The number of carbonyl (C=O) groups is 2. The van der Waals surface area contributed by atoms with Crippen molar-refractivity contribution in [1.82, 2.24) is 0 Å². The third-order valence-corrected chi connectivity index (χ3v) is 12.5. The number of fused-ring (bicyclic) bond motifs is 5. The lowest BCUT2D eigenvalue weighted by molar-refractivity contribution is -0.273. The Labute approximate surface area is 243 Å². The smallest absolute Gasteiger partial charge is 0.331 e. The molecule has 0 aromatic heterocycles. The van der Waals surface area contributed by atoms with Crippen molar-refractivity contribution in [2.45, 2.75) is 128 Å². The lowest BCUT2D eigenvalue weighted by Gasteiger charge is -2.63. The second kappa shape index (κ2) is 10.6. The maximum absolute atomic E-state index is 12.7. The number of aliphatic hydroxyl groups is 2. The number of aliphatic hydroxyl groups excluding tert-OH is 1. The molecule has 6 aliphatic rings. The molecule has 41 heavy (non-hydrogen) atoms.